The molecule has 0 aromatic heterocycles. The largest absolute Gasteiger partial charge is 0.509 e. The maximum Gasteiger partial charge on any atom is 0.509 e. The van der Waals surface area contributed by atoms with Gasteiger partial charge in [-0.3, -0.25) is 19.3 Å². The van der Waals surface area contributed by atoms with Gasteiger partial charge in [-0.1, -0.05) is 12.1 Å². The predicted octanol–water partition coefficient (Wildman–Crippen LogP) is 0.401. The van der Waals surface area contributed by atoms with Crippen LogP contribution in [0.1, 0.15) is 12.0 Å². The molecule has 25 heavy (non-hydrogen) atoms. The lowest BCUT2D eigenvalue weighted by Crippen LogP contribution is -2.47. The quantitative estimate of drug-likeness (QED) is 0.568. The zero-order chi connectivity index (χ0) is 18.2. The van der Waals surface area contributed by atoms with Gasteiger partial charge in [0.15, 0.2) is 0 Å². The lowest BCUT2D eigenvalue weighted by molar-refractivity contribution is -0.152. The molecule has 1 aromatic rings. The molecule has 2 aliphatic heterocycles. The molecule has 2 fully saturated rings. The highest BCUT2D eigenvalue weighted by atomic mass is 16.7. The first-order chi connectivity index (χ1) is 11.9. The van der Waals surface area contributed by atoms with Crippen LogP contribution in [0, 0.1) is 0 Å². The number of ether oxygens (including phenoxy) is 4. The topological polar surface area (TPSA) is 108 Å². The monoisotopic (exact) mass is 349 g/mol. The molecule has 2 heterocycles. The Morgan fingerprint density at radius 3 is 2.52 bits per heavy atom. The highest BCUT2D eigenvalue weighted by molar-refractivity contribution is 6.14. The average molecular weight is 349 g/mol. The summed E-state index contributed by atoms with van der Waals surface area (Å²) in [6.07, 6.45) is -3.20. The molecule has 0 N–H and O–H groups in total. The van der Waals surface area contributed by atoms with Gasteiger partial charge in [-0.25, -0.2) is 4.79 Å². The van der Waals surface area contributed by atoms with Crippen molar-refractivity contribution in [2.24, 2.45) is 0 Å². The molecule has 9 nitrogen and oxygen atoms in total. The van der Waals surface area contributed by atoms with E-state index in [4.69, 9.17) is 14.2 Å². The van der Waals surface area contributed by atoms with Crippen molar-refractivity contribution in [1.82, 2.24) is 4.90 Å². The number of carbonyl (C=O) groups is 4. The second-order valence-electron chi connectivity index (χ2n) is 5.57. The Bertz CT molecular complexity index is 743. The molecule has 0 aliphatic carbocycles. The molecule has 0 spiro atoms. The average Bonchev–Trinajstić information content (AvgIpc) is 3.03. The highest BCUT2D eigenvalue weighted by Gasteiger charge is 2.69. The van der Waals surface area contributed by atoms with Crippen molar-refractivity contribution in [3.8, 4) is 5.75 Å². The zero-order valence-electron chi connectivity index (χ0n) is 13.5. The van der Waals surface area contributed by atoms with Gasteiger partial charge in [0, 0.05) is 0 Å². The predicted molar refractivity (Wildman–Crippen MR) is 79.3 cm³/mol. The number of carbonyl (C=O) groups excluding carboxylic acids is 4. The van der Waals surface area contributed by atoms with Gasteiger partial charge < -0.3 is 18.9 Å². The first kappa shape index (κ1) is 16.7. The van der Waals surface area contributed by atoms with Crippen molar-refractivity contribution in [1.29, 1.82) is 0 Å². The molecule has 2 atom stereocenters. The number of benzene rings is 1. The number of hydrogen-bond donors (Lipinski definition) is 0. The van der Waals surface area contributed by atoms with E-state index in [-0.39, 0.29) is 6.54 Å². The third kappa shape index (κ3) is 2.67. The zero-order valence-corrected chi connectivity index (χ0v) is 13.5. The van der Waals surface area contributed by atoms with Gasteiger partial charge in [-0.2, -0.15) is 0 Å². The van der Waals surface area contributed by atoms with Crippen LogP contribution in [0.5, 0.6) is 5.75 Å². The number of hydrogen-bond acceptors (Lipinski definition) is 8. The summed E-state index contributed by atoms with van der Waals surface area (Å²) < 4.78 is 19.3. The van der Waals surface area contributed by atoms with Crippen LogP contribution in [-0.4, -0.2) is 54.8 Å². The number of rotatable bonds is 4. The van der Waals surface area contributed by atoms with Crippen molar-refractivity contribution in [3.05, 3.63) is 29.8 Å². The molecule has 0 saturated carbocycles. The molecule has 2 aliphatic rings. The fraction of sp³-hybridized carbons (Fsp3) is 0.375. The van der Waals surface area contributed by atoms with Crippen molar-refractivity contribution >= 4 is 23.9 Å². The van der Waals surface area contributed by atoms with Crippen LogP contribution >= 0.6 is 0 Å². The summed E-state index contributed by atoms with van der Waals surface area (Å²) in [5, 5.41) is 0. The van der Waals surface area contributed by atoms with Gasteiger partial charge in [-0.15, -0.1) is 0 Å². The molecule has 3 rings (SSSR count). The maximum absolute atomic E-state index is 12.8. The van der Waals surface area contributed by atoms with Crippen molar-refractivity contribution in [2.45, 2.75) is 24.7 Å². The first-order valence-corrected chi connectivity index (χ1v) is 7.36. The highest BCUT2D eigenvalue weighted by Crippen LogP contribution is 2.40. The van der Waals surface area contributed by atoms with Crippen LogP contribution in [-0.2, 0) is 35.1 Å². The molecule has 1 aromatic carbocycles. The molecule has 132 valence electrons. The second kappa shape index (κ2) is 6.08. The number of amides is 2. The summed E-state index contributed by atoms with van der Waals surface area (Å²) in [6, 6.07) is 6.74. The van der Waals surface area contributed by atoms with Gasteiger partial charge in [0.25, 0.3) is 11.8 Å². The number of likely N-dealkylation sites (tertiary alicyclic amines) is 1. The molecule has 2 amide bonds. The summed E-state index contributed by atoms with van der Waals surface area (Å²) in [4.78, 5) is 49.2. The smallest absolute Gasteiger partial charge is 0.497 e. The Balaban J connectivity index is 1.87. The standard InChI is InChI=1S/C16H15NO8/c1-22-10-5-3-9(4-6-10)8-17-13(19)12-16(14(17)20,7-11(18)24-12)25-15(21)23-2/h3-6,12H,7-8H2,1-2H3/t12-,16+/m1/s1. The number of esters is 1. The van der Waals surface area contributed by atoms with Crippen LogP contribution in [0.15, 0.2) is 24.3 Å². The van der Waals surface area contributed by atoms with Gasteiger partial charge in [0.1, 0.15) is 5.75 Å². The summed E-state index contributed by atoms with van der Waals surface area (Å²) in [5.41, 5.74) is -1.35. The number of fused-ring (bicyclic) bond motifs is 1. The van der Waals surface area contributed by atoms with Gasteiger partial charge in [-0.05, 0) is 17.7 Å². The first-order valence-electron chi connectivity index (χ1n) is 7.36. The summed E-state index contributed by atoms with van der Waals surface area (Å²) in [7, 11) is 2.58. The van der Waals surface area contributed by atoms with Gasteiger partial charge in [0.2, 0.25) is 11.7 Å². The fourth-order valence-electron chi connectivity index (χ4n) is 2.87. The van der Waals surface area contributed by atoms with E-state index in [1.165, 1.54) is 7.11 Å². The molecule has 0 radical (unpaired) electrons. The van der Waals surface area contributed by atoms with Crippen LogP contribution in [0.25, 0.3) is 0 Å². The van der Waals surface area contributed by atoms with Crippen molar-refractivity contribution < 1.29 is 38.1 Å². The molecule has 9 heteroatoms. The fourth-order valence-corrected chi connectivity index (χ4v) is 2.87. The third-order valence-electron chi connectivity index (χ3n) is 4.11. The summed E-state index contributed by atoms with van der Waals surface area (Å²) >= 11 is 0. The number of nitrogens with zero attached hydrogens (tertiary/aromatic N) is 1. The Kier molecular flexibility index (Phi) is 4.07. The molecule has 2 saturated heterocycles. The van der Waals surface area contributed by atoms with E-state index in [1.54, 1.807) is 24.3 Å². The minimum atomic E-state index is -2.01. The van der Waals surface area contributed by atoms with E-state index in [2.05, 4.69) is 4.74 Å². The van der Waals surface area contributed by atoms with E-state index in [0.717, 1.165) is 12.0 Å². The van der Waals surface area contributed by atoms with Gasteiger partial charge >= 0.3 is 12.1 Å². The summed E-state index contributed by atoms with van der Waals surface area (Å²) in [5.74, 6) is -1.72. The van der Waals surface area contributed by atoms with E-state index >= 15 is 0 Å². The van der Waals surface area contributed by atoms with Crippen LogP contribution < -0.4 is 4.74 Å². The third-order valence-corrected chi connectivity index (χ3v) is 4.11. The second-order valence-corrected chi connectivity index (χ2v) is 5.57. The summed E-state index contributed by atoms with van der Waals surface area (Å²) in [6.45, 7) is -0.0536. The number of imide groups is 1. The maximum atomic E-state index is 12.8. The van der Waals surface area contributed by atoms with Crippen LogP contribution in [0.2, 0.25) is 0 Å². The Labute approximate surface area is 142 Å². The molecule has 0 bridgehead atoms. The Hall–Kier alpha value is -3.10. The van der Waals surface area contributed by atoms with Crippen molar-refractivity contribution in [3.63, 3.8) is 0 Å². The van der Waals surface area contributed by atoms with Crippen LogP contribution in [0.3, 0.4) is 0 Å². The van der Waals surface area contributed by atoms with E-state index in [9.17, 15) is 19.2 Å². The molecule has 0 unspecified atom stereocenters. The van der Waals surface area contributed by atoms with E-state index in [0.29, 0.717) is 11.3 Å². The van der Waals surface area contributed by atoms with E-state index < -0.39 is 42.1 Å². The Morgan fingerprint density at radius 1 is 1.24 bits per heavy atom. The lowest BCUT2D eigenvalue weighted by atomic mass is 9.97. The molecular formula is C16H15NO8. The normalized spacial score (nSPS) is 24.8. The van der Waals surface area contributed by atoms with Crippen molar-refractivity contribution in [2.75, 3.05) is 14.2 Å². The van der Waals surface area contributed by atoms with E-state index in [1.807, 2.05) is 0 Å². The van der Waals surface area contributed by atoms with Gasteiger partial charge in [0.05, 0.1) is 27.2 Å². The minimum absolute atomic E-state index is 0.0536. The molecular weight excluding hydrogens is 334 g/mol. The van der Waals surface area contributed by atoms with Crippen LogP contribution in [0.4, 0.5) is 4.79 Å². The Morgan fingerprint density at radius 2 is 1.92 bits per heavy atom. The SMILES string of the molecule is COC(=O)O[C@@]12CC(=O)O[C@@H]1C(=O)N(Cc1ccc(OC)cc1)C2=O. The number of methoxy groups -OCH3 is 2. The minimum Gasteiger partial charge on any atom is -0.497 e. The lowest BCUT2D eigenvalue weighted by Gasteiger charge is -2.22.